The van der Waals surface area contributed by atoms with Crippen molar-refractivity contribution in [3.8, 4) is 17.6 Å². The molecule has 0 unspecified atom stereocenters. The largest absolute Gasteiger partial charge is 0.486 e. The van der Waals surface area contributed by atoms with Crippen molar-refractivity contribution in [1.29, 1.82) is 5.26 Å². The molecule has 2 aromatic carbocycles. The summed E-state index contributed by atoms with van der Waals surface area (Å²) in [7, 11) is 0. The Labute approximate surface area is 170 Å². The molecule has 1 N–H and O–H groups in total. The van der Waals surface area contributed by atoms with Crippen LogP contribution in [0.1, 0.15) is 5.56 Å². The van der Waals surface area contributed by atoms with E-state index in [0.29, 0.717) is 51.5 Å². The number of ether oxygens (including phenoxy) is 2. The summed E-state index contributed by atoms with van der Waals surface area (Å²) >= 11 is 7.25. The van der Waals surface area contributed by atoms with Crippen molar-refractivity contribution < 1.29 is 14.3 Å². The van der Waals surface area contributed by atoms with Crippen LogP contribution in [0.25, 0.3) is 10.9 Å². The molecule has 3 aromatic rings. The second-order valence-electron chi connectivity index (χ2n) is 5.96. The van der Waals surface area contributed by atoms with Gasteiger partial charge in [0.15, 0.2) is 11.5 Å². The molecule has 0 atom stereocenters. The van der Waals surface area contributed by atoms with Crippen molar-refractivity contribution in [3.05, 3.63) is 53.1 Å². The number of nitriles is 1. The lowest BCUT2D eigenvalue weighted by molar-refractivity contribution is -0.113. The lowest BCUT2D eigenvalue weighted by atomic mass is 10.1. The molecule has 1 aromatic heterocycles. The fourth-order valence-corrected chi connectivity index (χ4v) is 3.71. The van der Waals surface area contributed by atoms with Crippen LogP contribution in [-0.4, -0.2) is 29.9 Å². The molecule has 1 amide bonds. The molecule has 6 nitrogen and oxygen atoms in total. The number of hydrogen-bond donors (Lipinski definition) is 1. The minimum absolute atomic E-state index is 0.100. The number of aromatic nitrogens is 1. The monoisotopic (exact) mass is 411 g/mol. The van der Waals surface area contributed by atoms with Gasteiger partial charge < -0.3 is 14.8 Å². The van der Waals surface area contributed by atoms with Gasteiger partial charge in [-0.1, -0.05) is 35.5 Å². The molecule has 0 radical (unpaired) electrons. The Morgan fingerprint density at radius 2 is 1.96 bits per heavy atom. The Morgan fingerprint density at radius 1 is 1.21 bits per heavy atom. The maximum absolute atomic E-state index is 12.3. The summed E-state index contributed by atoms with van der Waals surface area (Å²) in [5.41, 5.74) is 1.63. The summed E-state index contributed by atoms with van der Waals surface area (Å²) in [6, 6.07) is 14.5. The van der Waals surface area contributed by atoms with Crippen LogP contribution in [0.15, 0.2) is 47.5 Å². The molecule has 0 saturated heterocycles. The van der Waals surface area contributed by atoms with E-state index >= 15 is 0 Å². The van der Waals surface area contributed by atoms with Crippen LogP contribution >= 0.6 is 23.4 Å². The first-order valence-electron chi connectivity index (χ1n) is 8.46. The molecule has 0 aliphatic carbocycles. The Balaban J connectivity index is 1.55. The lowest BCUT2D eigenvalue weighted by Crippen LogP contribution is -2.15. The fraction of sp³-hybridized carbons (Fsp3) is 0.150. The van der Waals surface area contributed by atoms with E-state index < -0.39 is 0 Å². The molecule has 0 bridgehead atoms. The van der Waals surface area contributed by atoms with Gasteiger partial charge in [-0.15, -0.1) is 0 Å². The summed E-state index contributed by atoms with van der Waals surface area (Å²) in [5.74, 6) is 1.14. The second kappa shape index (κ2) is 7.97. The third-order valence-corrected chi connectivity index (χ3v) is 5.37. The second-order valence-corrected chi connectivity index (χ2v) is 7.33. The highest BCUT2D eigenvalue weighted by Crippen LogP contribution is 2.35. The van der Waals surface area contributed by atoms with E-state index in [4.69, 9.17) is 21.1 Å². The Morgan fingerprint density at radius 3 is 2.71 bits per heavy atom. The maximum Gasteiger partial charge on any atom is 0.234 e. The first-order valence-corrected chi connectivity index (χ1v) is 9.82. The van der Waals surface area contributed by atoms with Gasteiger partial charge >= 0.3 is 0 Å². The molecule has 4 rings (SSSR count). The lowest BCUT2D eigenvalue weighted by Gasteiger charge is -2.18. The third kappa shape index (κ3) is 3.84. The van der Waals surface area contributed by atoms with Crippen LogP contribution in [0.4, 0.5) is 5.69 Å². The topological polar surface area (TPSA) is 84.2 Å². The van der Waals surface area contributed by atoms with E-state index in [2.05, 4.69) is 16.4 Å². The minimum atomic E-state index is -0.230. The number of hydrogen-bond acceptors (Lipinski definition) is 6. The van der Waals surface area contributed by atoms with Crippen molar-refractivity contribution >= 4 is 45.9 Å². The number of halogens is 1. The van der Waals surface area contributed by atoms with Gasteiger partial charge in [-0.05, 0) is 24.3 Å². The highest BCUT2D eigenvalue weighted by Gasteiger charge is 2.16. The number of amides is 1. The number of fused-ring (bicyclic) bond motifs is 2. The van der Waals surface area contributed by atoms with Gasteiger partial charge in [0, 0.05) is 11.5 Å². The van der Waals surface area contributed by atoms with Crippen LogP contribution in [0, 0.1) is 11.3 Å². The summed E-state index contributed by atoms with van der Waals surface area (Å²) in [4.78, 5) is 16.8. The molecular formula is C20H14ClN3O3S. The summed E-state index contributed by atoms with van der Waals surface area (Å²) in [6.45, 7) is 0.976. The van der Waals surface area contributed by atoms with Crippen molar-refractivity contribution in [1.82, 2.24) is 4.98 Å². The van der Waals surface area contributed by atoms with E-state index in [-0.39, 0.29) is 11.7 Å². The van der Waals surface area contributed by atoms with Crippen molar-refractivity contribution in [3.63, 3.8) is 0 Å². The first kappa shape index (κ1) is 18.4. The zero-order valence-corrected chi connectivity index (χ0v) is 16.1. The summed E-state index contributed by atoms with van der Waals surface area (Å²) in [5, 5.41) is 14.0. The number of thioether (sulfide) groups is 1. The number of carbonyl (C=O) groups is 1. The van der Waals surface area contributed by atoms with Crippen LogP contribution in [0.2, 0.25) is 5.02 Å². The molecule has 8 heteroatoms. The van der Waals surface area contributed by atoms with Gasteiger partial charge in [-0.25, -0.2) is 4.98 Å². The quantitative estimate of drug-likeness (QED) is 0.645. The van der Waals surface area contributed by atoms with Crippen LogP contribution in [-0.2, 0) is 4.79 Å². The van der Waals surface area contributed by atoms with Crippen molar-refractivity contribution in [2.24, 2.45) is 0 Å². The van der Waals surface area contributed by atoms with Crippen LogP contribution in [0.3, 0.4) is 0 Å². The molecule has 0 spiro atoms. The zero-order chi connectivity index (χ0) is 19.5. The Kier molecular flexibility index (Phi) is 5.24. The standard InChI is InChI=1S/C20H14ClN3O3S/c21-14-3-1-2-4-15(14)23-19(25)11-28-20-13(10-22)7-12-8-17-18(9-16(12)24-20)27-6-5-26-17/h1-4,7-9H,5-6,11H2,(H,23,25). The average molecular weight is 412 g/mol. The van der Waals surface area contributed by atoms with Gasteiger partial charge in [0.25, 0.3) is 0 Å². The molecule has 1 aliphatic heterocycles. The maximum atomic E-state index is 12.3. The molecule has 0 saturated carbocycles. The van der Waals surface area contributed by atoms with Crippen molar-refractivity contribution in [2.45, 2.75) is 5.03 Å². The Bertz CT molecular complexity index is 1110. The number of rotatable bonds is 4. The number of carbonyl (C=O) groups excluding carboxylic acids is 1. The van der Waals surface area contributed by atoms with E-state index in [1.165, 1.54) is 11.8 Å². The normalized spacial score (nSPS) is 12.4. The smallest absolute Gasteiger partial charge is 0.234 e. The number of nitrogens with one attached hydrogen (secondary N) is 1. The van der Waals surface area contributed by atoms with E-state index in [9.17, 15) is 10.1 Å². The minimum Gasteiger partial charge on any atom is -0.486 e. The van der Waals surface area contributed by atoms with E-state index in [1.54, 1.807) is 36.4 Å². The highest BCUT2D eigenvalue weighted by atomic mass is 35.5. The van der Waals surface area contributed by atoms with Crippen molar-refractivity contribution in [2.75, 3.05) is 24.3 Å². The number of pyridine rings is 1. The van der Waals surface area contributed by atoms with Crippen LogP contribution < -0.4 is 14.8 Å². The number of nitrogens with zero attached hydrogens (tertiary/aromatic N) is 2. The van der Waals surface area contributed by atoms with Gasteiger partial charge in [-0.2, -0.15) is 5.26 Å². The fourth-order valence-electron chi connectivity index (χ4n) is 2.77. The van der Waals surface area contributed by atoms with E-state index in [1.807, 2.05) is 6.07 Å². The summed E-state index contributed by atoms with van der Waals surface area (Å²) in [6.07, 6.45) is 0. The molecule has 28 heavy (non-hydrogen) atoms. The highest BCUT2D eigenvalue weighted by molar-refractivity contribution is 8.00. The molecule has 2 heterocycles. The SMILES string of the molecule is N#Cc1cc2cc3c(cc2nc1SCC(=O)Nc1ccccc1Cl)OCCO3. The number of anilines is 1. The van der Waals surface area contributed by atoms with E-state index in [0.717, 1.165) is 5.39 Å². The van der Waals surface area contributed by atoms with Gasteiger partial charge in [0.2, 0.25) is 5.91 Å². The molecule has 140 valence electrons. The summed E-state index contributed by atoms with van der Waals surface area (Å²) < 4.78 is 11.2. The molecular weight excluding hydrogens is 398 g/mol. The zero-order valence-electron chi connectivity index (χ0n) is 14.6. The Hall–Kier alpha value is -2.95. The van der Waals surface area contributed by atoms with Crippen LogP contribution in [0.5, 0.6) is 11.5 Å². The predicted molar refractivity (Wildman–Crippen MR) is 108 cm³/mol. The van der Waals surface area contributed by atoms with Gasteiger partial charge in [-0.3, -0.25) is 4.79 Å². The first-order chi connectivity index (χ1) is 13.6. The average Bonchev–Trinajstić information content (AvgIpc) is 2.71. The molecule has 1 aliphatic rings. The predicted octanol–water partition coefficient (Wildman–Crippen LogP) is 4.26. The van der Waals surface area contributed by atoms with Gasteiger partial charge in [0.1, 0.15) is 24.3 Å². The number of para-hydroxylation sites is 1. The molecule has 0 fully saturated rings. The number of benzene rings is 2. The third-order valence-electron chi connectivity index (χ3n) is 4.05. The van der Waals surface area contributed by atoms with Gasteiger partial charge in [0.05, 0.1) is 27.5 Å².